The Hall–Kier alpha value is -2.96. The number of amides is 3. The molecule has 7 heteroatoms. The third-order valence-corrected chi connectivity index (χ3v) is 4.83. The standard InChI is InChI=1S/C23H27F2N3O2/c1-23(2,3)14-21(29)26-19-7-4-5-8-20(19)28-12-6-11-27(22(28)30)15-16-9-10-17(24)18(25)13-16/h4-5,7-10,13H,6,11-12,14-15H2,1-3H3,(H,26,29). The summed E-state index contributed by atoms with van der Waals surface area (Å²) >= 11 is 0. The van der Waals surface area contributed by atoms with Gasteiger partial charge in [-0.2, -0.15) is 0 Å². The molecule has 0 aliphatic carbocycles. The summed E-state index contributed by atoms with van der Waals surface area (Å²) in [6.07, 6.45) is 1.08. The zero-order valence-corrected chi connectivity index (χ0v) is 17.5. The molecule has 1 saturated heterocycles. The lowest BCUT2D eigenvalue weighted by Gasteiger charge is -2.36. The lowest BCUT2D eigenvalue weighted by molar-refractivity contribution is -0.117. The zero-order valence-electron chi connectivity index (χ0n) is 17.5. The van der Waals surface area contributed by atoms with Gasteiger partial charge < -0.3 is 10.2 Å². The van der Waals surface area contributed by atoms with E-state index >= 15 is 0 Å². The summed E-state index contributed by atoms with van der Waals surface area (Å²) < 4.78 is 26.7. The minimum atomic E-state index is -0.930. The summed E-state index contributed by atoms with van der Waals surface area (Å²) in [5.41, 5.74) is 1.58. The molecular weight excluding hydrogens is 388 g/mol. The molecule has 0 unspecified atom stereocenters. The summed E-state index contributed by atoms with van der Waals surface area (Å²) in [7, 11) is 0. The molecule has 2 aromatic carbocycles. The van der Waals surface area contributed by atoms with Crippen molar-refractivity contribution in [3.63, 3.8) is 0 Å². The maximum Gasteiger partial charge on any atom is 0.324 e. The average molecular weight is 415 g/mol. The molecule has 160 valence electrons. The first-order chi connectivity index (χ1) is 14.1. The van der Waals surface area contributed by atoms with E-state index in [1.807, 2.05) is 32.9 Å². The summed E-state index contributed by atoms with van der Waals surface area (Å²) in [5.74, 6) is -1.95. The molecule has 3 rings (SSSR count). The highest BCUT2D eigenvalue weighted by Crippen LogP contribution is 2.30. The van der Waals surface area contributed by atoms with E-state index in [0.717, 1.165) is 18.6 Å². The summed E-state index contributed by atoms with van der Waals surface area (Å²) in [5, 5.41) is 2.92. The van der Waals surface area contributed by atoms with E-state index in [9.17, 15) is 18.4 Å². The molecule has 0 atom stereocenters. The van der Waals surface area contributed by atoms with Crippen molar-refractivity contribution < 1.29 is 18.4 Å². The molecule has 1 aliphatic rings. The van der Waals surface area contributed by atoms with Gasteiger partial charge in [-0.05, 0) is 41.7 Å². The molecule has 1 heterocycles. The first-order valence-electron chi connectivity index (χ1n) is 10.0. The number of carbonyl (C=O) groups is 2. The van der Waals surface area contributed by atoms with Crippen LogP contribution in [-0.4, -0.2) is 29.9 Å². The molecule has 3 amide bonds. The molecule has 1 fully saturated rings. The van der Waals surface area contributed by atoms with Crippen LogP contribution in [0.4, 0.5) is 25.0 Å². The number of halogens is 2. The van der Waals surface area contributed by atoms with Gasteiger partial charge in [0.05, 0.1) is 11.4 Å². The number of carbonyl (C=O) groups excluding carboxylic acids is 2. The molecule has 1 N–H and O–H groups in total. The first kappa shape index (κ1) is 21.7. The maximum atomic E-state index is 13.5. The van der Waals surface area contributed by atoms with Gasteiger partial charge in [0.25, 0.3) is 0 Å². The Labute approximate surface area is 175 Å². The van der Waals surface area contributed by atoms with Gasteiger partial charge >= 0.3 is 6.03 Å². The van der Waals surface area contributed by atoms with E-state index in [1.54, 1.807) is 21.9 Å². The summed E-state index contributed by atoms with van der Waals surface area (Å²) in [6.45, 7) is 7.19. The van der Waals surface area contributed by atoms with Crippen molar-refractivity contribution >= 4 is 23.3 Å². The van der Waals surface area contributed by atoms with Crippen LogP contribution < -0.4 is 10.2 Å². The fraction of sp³-hybridized carbons (Fsp3) is 0.391. The van der Waals surface area contributed by atoms with E-state index in [1.165, 1.54) is 6.07 Å². The highest BCUT2D eigenvalue weighted by atomic mass is 19.2. The van der Waals surface area contributed by atoms with Crippen molar-refractivity contribution in [3.8, 4) is 0 Å². The van der Waals surface area contributed by atoms with Crippen LogP contribution >= 0.6 is 0 Å². The molecule has 1 aliphatic heterocycles. The topological polar surface area (TPSA) is 52.7 Å². The predicted molar refractivity (Wildman–Crippen MR) is 113 cm³/mol. The fourth-order valence-corrected chi connectivity index (χ4v) is 3.50. The third kappa shape index (κ3) is 5.34. The van der Waals surface area contributed by atoms with Crippen LogP contribution in [0.5, 0.6) is 0 Å². The Morgan fingerprint density at radius 3 is 2.50 bits per heavy atom. The molecule has 5 nitrogen and oxygen atoms in total. The molecule has 0 saturated carbocycles. The Bertz CT molecular complexity index is 940. The maximum absolute atomic E-state index is 13.5. The number of nitrogens with one attached hydrogen (secondary N) is 1. The number of rotatable bonds is 5. The van der Waals surface area contributed by atoms with E-state index in [-0.39, 0.29) is 23.9 Å². The molecule has 2 aromatic rings. The number of nitrogens with zero attached hydrogens (tertiary/aromatic N) is 2. The monoisotopic (exact) mass is 415 g/mol. The van der Waals surface area contributed by atoms with Crippen LogP contribution in [0.25, 0.3) is 0 Å². The summed E-state index contributed by atoms with van der Waals surface area (Å²) in [4.78, 5) is 28.8. The van der Waals surface area contributed by atoms with Gasteiger partial charge in [-0.15, -0.1) is 0 Å². The van der Waals surface area contributed by atoms with Gasteiger partial charge in [0, 0.05) is 26.1 Å². The van der Waals surface area contributed by atoms with E-state index < -0.39 is 11.6 Å². The number of benzene rings is 2. The highest BCUT2D eigenvalue weighted by Gasteiger charge is 2.29. The Balaban J connectivity index is 1.78. The van der Waals surface area contributed by atoms with Crippen LogP contribution in [0.15, 0.2) is 42.5 Å². The van der Waals surface area contributed by atoms with Crippen molar-refractivity contribution in [3.05, 3.63) is 59.7 Å². The van der Waals surface area contributed by atoms with Gasteiger partial charge in [-0.1, -0.05) is 39.0 Å². The van der Waals surface area contributed by atoms with Gasteiger partial charge in [0.15, 0.2) is 11.6 Å². The first-order valence-corrected chi connectivity index (χ1v) is 10.0. The van der Waals surface area contributed by atoms with Crippen molar-refractivity contribution in [2.24, 2.45) is 5.41 Å². The number of hydrogen-bond donors (Lipinski definition) is 1. The quantitative estimate of drug-likeness (QED) is 0.732. The number of para-hydroxylation sites is 2. The number of hydrogen-bond acceptors (Lipinski definition) is 2. The normalized spacial score (nSPS) is 14.8. The fourth-order valence-electron chi connectivity index (χ4n) is 3.50. The molecule has 0 spiro atoms. The van der Waals surface area contributed by atoms with Crippen molar-refractivity contribution in [1.82, 2.24) is 4.90 Å². The van der Waals surface area contributed by atoms with Crippen LogP contribution in [0.2, 0.25) is 0 Å². The lowest BCUT2D eigenvalue weighted by Crippen LogP contribution is -2.49. The Morgan fingerprint density at radius 1 is 1.07 bits per heavy atom. The zero-order chi connectivity index (χ0) is 21.9. The molecule has 0 bridgehead atoms. The van der Waals surface area contributed by atoms with Crippen LogP contribution in [-0.2, 0) is 11.3 Å². The molecule has 30 heavy (non-hydrogen) atoms. The minimum absolute atomic E-state index is 0.113. The van der Waals surface area contributed by atoms with Gasteiger partial charge in [0.1, 0.15) is 0 Å². The predicted octanol–water partition coefficient (Wildman–Crippen LogP) is 5.17. The van der Waals surface area contributed by atoms with Gasteiger partial charge in [0.2, 0.25) is 5.91 Å². The van der Waals surface area contributed by atoms with Crippen molar-refractivity contribution in [2.45, 2.75) is 40.2 Å². The van der Waals surface area contributed by atoms with Gasteiger partial charge in [-0.3, -0.25) is 9.69 Å². The lowest BCUT2D eigenvalue weighted by atomic mass is 9.92. The summed E-state index contributed by atoms with van der Waals surface area (Å²) in [6, 6.07) is 10.6. The number of anilines is 2. The minimum Gasteiger partial charge on any atom is -0.324 e. The van der Waals surface area contributed by atoms with Gasteiger partial charge in [-0.25, -0.2) is 13.6 Å². The van der Waals surface area contributed by atoms with E-state index in [0.29, 0.717) is 36.4 Å². The average Bonchev–Trinajstić information content (AvgIpc) is 2.65. The van der Waals surface area contributed by atoms with E-state index in [2.05, 4.69) is 5.32 Å². The second-order valence-corrected chi connectivity index (χ2v) is 8.76. The van der Waals surface area contributed by atoms with E-state index in [4.69, 9.17) is 0 Å². The second-order valence-electron chi connectivity index (χ2n) is 8.76. The van der Waals surface area contributed by atoms with Crippen LogP contribution in [0.3, 0.4) is 0 Å². The van der Waals surface area contributed by atoms with Crippen LogP contribution in [0, 0.1) is 17.0 Å². The molecule has 0 radical (unpaired) electrons. The Morgan fingerprint density at radius 2 is 1.80 bits per heavy atom. The third-order valence-electron chi connectivity index (χ3n) is 4.83. The Kier molecular flexibility index (Phi) is 6.39. The SMILES string of the molecule is CC(C)(C)CC(=O)Nc1ccccc1N1CCCN(Cc2ccc(F)c(F)c2)C1=O. The molecule has 0 aromatic heterocycles. The second kappa shape index (κ2) is 8.81. The highest BCUT2D eigenvalue weighted by molar-refractivity contribution is 6.00. The number of urea groups is 1. The smallest absolute Gasteiger partial charge is 0.324 e. The van der Waals surface area contributed by atoms with Crippen LogP contribution in [0.1, 0.15) is 39.2 Å². The largest absolute Gasteiger partial charge is 0.324 e. The molecular formula is C23H27F2N3O2. The van der Waals surface area contributed by atoms with Crippen molar-refractivity contribution in [1.29, 1.82) is 0 Å². The van der Waals surface area contributed by atoms with Crippen molar-refractivity contribution in [2.75, 3.05) is 23.3 Å².